The summed E-state index contributed by atoms with van der Waals surface area (Å²) in [6.45, 7) is 2.23. The number of nitrogens with zero attached hydrogens (tertiary/aromatic N) is 2. The van der Waals surface area contributed by atoms with Crippen LogP contribution >= 0.6 is 0 Å². The second-order valence-electron chi connectivity index (χ2n) is 7.04. The third-order valence-electron chi connectivity index (χ3n) is 4.95. The van der Waals surface area contributed by atoms with Crippen LogP contribution in [0.3, 0.4) is 0 Å². The Labute approximate surface area is 188 Å². The Hall–Kier alpha value is -4.66. The number of ether oxygens (including phenoxy) is 1. The first-order valence-electron chi connectivity index (χ1n) is 10.0. The van der Waals surface area contributed by atoms with E-state index in [1.807, 2.05) is 6.92 Å². The molecule has 0 aliphatic carbocycles. The SMILES string of the molecule is CCOc1cccc(N2C(=O)NC(=O)/C(=C\c3cccn3-c3ccc(C(=O)O)cc3)C2=O)c1. The summed E-state index contributed by atoms with van der Waals surface area (Å²) in [7, 11) is 0. The lowest BCUT2D eigenvalue weighted by Gasteiger charge is -2.26. The number of barbiturate groups is 1. The first-order valence-corrected chi connectivity index (χ1v) is 10.0. The van der Waals surface area contributed by atoms with Crippen LogP contribution in [0.4, 0.5) is 10.5 Å². The lowest BCUT2D eigenvalue weighted by atomic mass is 10.1. The highest BCUT2D eigenvalue weighted by Crippen LogP contribution is 2.26. The fraction of sp³-hybridized carbons (Fsp3) is 0.0833. The van der Waals surface area contributed by atoms with Gasteiger partial charge in [-0.05, 0) is 61.5 Å². The number of hydrogen-bond donors (Lipinski definition) is 2. The predicted octanol–water partition coefficient (Wildman–Crippen LogP) is 3.24. The maximum absolute atomic E-state index is 13.2. The Morgan fingerprint density at radius 2 is 1.79 bits per heavy atom. The number of benzene rings is 2. The van der Waals surface area contributed by atoms with Crippen LogP contribution in [-0.4, -0.2) is 40.1 Å². The molecule has 33 heavy (non-hydrogen) atoms. The van der Waals surface area contributed by atoms with Crippen LogP contribution in [0.15, 0.2) is 72.4 Å². The molecule has 0 spiro atoms. The Kier molecular flexibility index (Phi) is 5.77. The zero-order valence-corrected chi connectivity index (χ0v) is 17.5. The summed E-state index contributed by atoms with van der Waals surface area (Å²) in [6, 6.07) is 15.2. The van der Waals surface area contributed by atoms with Gasteiger partial charge in [0, 0.05) is 23.6 Å². The van der Waals surface area contributed by atoms with Gasteiger partial charge in [-0.25, -0.2) is 14.5 Å². The van der Waals surface area contributed by atoms with E-state index in [4.69, 9.17) is 9.84 Å². The summed E-state index contributed by atoms with van der Waals surface area (Å²) >= 11 is 0. The van der Waals surface area contributed by atoms with Crippen molar-refractivity contribution in [2.24, 2.45) is 0 Å². The van der Waals surface area contributed by atoms with E-state index in [0.29, 0.717) is 23.7 Å². The van der Waals surface area contributed by atoms with Gasteiger partial charge in [0.2, 0.25) is 0 Å². The highest BCUT2D eigenvalue weighted by Gasteiger charge is 2.37. The number of carboxylic acids is 1. The molecule has 0 radical (unpaired) electrons. The van der Waals surface area contributed by atoms with Gasteiger partial charge in [-0.2, -0.15) is 0 Å². The zero-order chi connectivity index (χ0) is 23.5. The van der Waals surface area contributed by atoms with Crippen molar-refractivity contribution < 1.29 is 29.0 Å². The van der Waals surface area contributed by atoms with Crippen molar-refractivity contribution >= 4 is 35.6 Å². The molecular formula is C24H19N3O6. The predicted molar refractivity (Wildman–Crippen MR) is 119 cm³/mol. The van der Waals surface area contributed by atoms with Crippen LogP contribution in [0.2, 0.25) is 0 Å². The normalized spacial score (nSPS) is 15.0. The van der Waals surface area contributed by atoms with E-state index >= 15 is 0 Å². The van der Waals surface area contributed by atoms with Gasteiger partial charge in [0.05, 0.1) is 17.9 Å². The van der Waals surface area contributed by atoms with Gasteiger partial charge in [-0.15, -0.1) is 0 Å². The molecule has 4 rings (SSSR count). The minimum absolute atomic E-state index is 0.135. The molecule has 0 bridgehead atoms. The average Bonchev–Trinajstić information content (AvgIpc) is 3.25. The fourth-order valence-corrected chi connectivity index (χ4v) is 3.43. The molecule has 0 saturated carbocycles. The summed E-state index contributed by atoms with van der Waals surface area (Å²) in [5.74, 6) is -2.14. The molecule has 1 saturated heterocycles. The Balaban J connectivity index is 1.70. The van der Waals surface area contributed by atoms with E-state index in [-0.39, 0.29) is 16.8 Å². The number of rotatable bonds is 6. The highest BCUT2D eigenvalue weighted by molar-refractivity contribution is 6.39. The van der Waals surface area contributed by atoms with Crippen LogP contribution in [0.5, 0.6) is 5.75 Å². The van der Waals surface area contributed by atoms with E-state index < -0.39 is 23.8 Å². The first kappa shape index (κ1) is 21.6. The van der Waals surface area contributed by atoms with Crippen LogP contribution in [0, 0.1) is 0 Å². The smallest absolute Gasteiger partial charge is 0.335 e. The van der Waals surface area contributed by atoms with Crippen molar-refractivity contribution in [3.05, 3.63) is 83.7 Å². The molecule has 2 aromatic carbocycles. The van der Waals surface area contributed by atoms with Crippen molar-refractivity contribution in [3.63, 3.8) is 0 Å². The van der Waals surface area contributed by atoms with Crippen LogP contribution < -0.4 is 15.0 Å². The number of carboxylic acid groups (broad SMARTS) is 1. The standard InChI is InChI=1S/C24H19N3O6/c1-2-33-19-7-3-5-18(13-19)27-22(29)20(21(28)25-24(27)32)14-17-6-4-12-26(17)16-10-8-15(9-11-16)23(30)31/h3-14H,2H2,1H3,(H,30,31)(H,25,28,32)/b20-14+. The molecule has 2 N–H and O–H groups in total. The fourth-order valence-electron chi connectivity index (χ4n) is 3.43. The molecular weight excluding hydrogens is 426 g/mol. The molecule has 3 aromatic rings. The zero-order valence-electron chi connectivity index (χ0n) is 17.5. The molecule has 1 aromatic heterocycles. The minimum Gasteiger partial charge on any atom is -0.494 e. The van der Waals surface area contributed by atoms with Crippen molar-refractivity contribution in [1.82, 2.24) is 9.88 Å². The van der Waals surface area contributed by atoms with Crippen molar-refractivity contribution in [1.29, 1.82) is 0 Å². The van der Waals surface area contributed by atoms with Gasteiger partial charge in [-0.3, -0.25) is 14.9 Å². The number of anilines is 1. The number of nitrogens with one attached hydrogen (secondary N) is 1. The summed E-state index contributed by atoms with van der Waals surface area (Å²) in [4.78, 5) is 50.1. The van der Waals surface area contributed by atoms with Crippen molar-refractivity contribution in [3.8, 4) is 11.4 Å². The molecule has 0 unspecified atom stereocenters. The summed E-state index contributed by atoms with van der Waals surface area (Å²) in [5, 5.41) is 11.3. The third kappa shape index (κ3) is 4.24. The number of amides is 4. The summed E-state index contributed by atoms with van der Waals surface area (Å²) in [6.07, 6.45) is 3.09. The lowest BCUT2D eigenvalue weighted by Crippen LogP contribution is -2.54. The van der Waals surface area contributed by atoms with Gasteiger partial charge in [-0.1, -0.05) is 6.07 Å². The second kappa shape index (κ2) is 8.83. The number of imide groups is 2. The number of hydrogen-bond acceptors (Lipinski definition) is 5. The van der Waals surface area contributed by atoms with Crippen molar-refractivity contribution in [2.75, 3.05) is 11.5 Å². The van der Waals surface area contributed by atoms with Crippen LogP contribution in [0.1, 0.15) is 23.0 Å². The first-order chi connectivity index (χ1) is 15.9. The molecule has 4 amide bonds. The molecule has 1 aliphatic rings. The number of aromatic carboxylic acids is 1. The van der Waals surface area contributed by atoms with Crippen LogP contribution in [-0.2, 0) is 9.59 Å². The number of urea groups is 1. The Morgan fingerprint density at radius 3 is 2.48 bits per heavy atom. The van der Waals surface area contributed by atoms with E-state index in [2.05, 4.69) is 5.32 Å². The average molecular weight is 445 g/mol. The highest BCUT2D eigenvalue weighted by atomic mass is 16.5. The van der Waals surface area contributed by atoms with Crippen molar-refractivity contribution in [2.45, 2.75) is 6.92 Å². The molecule has 9 nitrogen and oxygen atoms in total. The summed E-state index contributed by atoms with van der Waals surface area (Å²) < 4.78 is 7.13. The van der Waals surface area contributed by atoms with Gasteiger partial charge in [0.25, 0.3) is 11.8 Å². The maximum atomic E-state index is 13.2. The number of carbonyl (C=O) groups excluding carboxylic acids is 3. The van der Waals surface area contributed by atoms with Gasteiger partial charge in [0.15, 0.2) is 0 Å². The molecule has 9 heteroatoms. The molecule has 1 fully saturated rings. The lowest BCUT2D eigenvalue weighted by molar-refractivity contribution is -0.122. The third-order valence-corrected chi connectivity index (χ3v) is 4.95. The Bertz CT molecular complexity index is 1290. The molecule has 0 atom stereocenters. The maximum Gasteiger partial charge on any atom is 0.335 e. The molecule has 2 heterocycles. The van der Waals surface area contributed by atoms with E-state index in [9.17, 15) is 19.2 Å². The van der Waals surface area contributed by atoms with E-state index in [1.165, 1.54) is 18.2 Å². The second-order valence-corrected chi connectivity index (χ2v) is 7.04. The van der Waals surface area contributed by atoms with E-state index in [1.54, 1.807) is 59.3 Å². The number of aromatic nitrogens is 1. The van der Waals surface area contributed by atoms with Gasteiger partial charge >= 0.3 is 12.0 Å². The molecule has 1 aliphatic heterocycles. The number of carbonyl (C=O) groups is 4. The van der Waals surface area contributed by atoms with Gasteiger partial charge in [0.1, 0.15) is 11.3 Å². The minimum atomic E-state index is -1.04. The monoisotopic (exact) mass is 445 g/mol. The Morgan fingerprint density at radius 1 is 1.03 bits per heavy atom. The van der Waals surface area contributed by atoms with Crippen LogP contribution in [0.25, 0.3) is 11.8 Å². The summed E-state index contributed by atoms with van der Waals surface area (Å²) in [5.41, 5.74) is 1.31. The largest absolute Gasteiger partial charge is 0.494 e. The quantitative estimate of drug-likeness (QED) is 0.444. The molecule has 166 valence electrons. The van der Waals surface area contributed by atoms with E-state index in [0.717, 1.165) is 4.90 Å². The van der Waals surface area contributed by atoms with Gasteiger partial charge < -0.3 is 14.4 Å². The topological polar surface area (TPSA) is 118 Å².